The number of sulfonamides is 1. The fourth-order valence-corrected chi connectivity index (χ4v) is 4.15. The van der Waals surface area contributed by atoms with Crippen LogP contribution < -0.4 is 14.4 Å². The molecule has 2 aromatic carbocycles. The molecule has 0 saturated carbocycles. The highest BCUT2D eigenvalue weighted by molar-refractivity contribution is 7.92. The van der Waals surface area contributed by atoms with E-state index in [1.807, 2.05) is 20.8 Å². The lowest BCUT2D eigenvalue weighted by Crippen LogP contribution is -2.32. The molecule has 0 unspecified atom stereocenters. The largest absolute Gasteiger partial charge is 0.494 e. The summed E-state index contributed by atoms with van der Waals surface area (Å²) in [6, 6.07) is 11.6. The van der Waals surface area contributed by atoms with Gasteiger partial charge in [0.2, 0.25) is 5.91 Å². The lowest BCUT2D eigenvalue weighted by molar-refractivity contribution is -0.121. The first-order chi connectivity index (χ1) is 12.8. The fourth-order valence-electron chi connectivity index (χ4n) is 3.10. The maximum atomic E-state index is 12.6. The highest BCUT2D eigenvalue weighted by Crippen LogP contribution is 2.32. The number of nitrogens with one attached hydrogen (secondary N) is 1. The van der Waals surface area contributed by atoms with E-state index in [4.69, 9.17) is 4.74 Å². The summed E-state index contributed by atoms with van der Waals surface area (Å²) in [6.07, 6.45) is 0.715. The van der Waals surface area contributed by atoms with Crippen molar-refractivity contribution in [1.82, 2.24) is 0 Å². The molecule has 27 heavy (non-hydrogen) atoms. The van der Waals surface area contributed by atoms with Crippen molar-refractivity contribution in [3.8, 4) is 5.75 Å². The number of anilines is 2. The van der Waals surface area contributed by atoms with Gasteiger partial charge in [-0.2, -0.15) is 0 Å². The van der Waals surface area contributed by atoms with E-state index in [1.165, 1.54) is 12.1 Å². The first kappa shape index (κ1) is 19.2. The topological polar surface area (TPSA) is 75.7 Å². The second kappa shape index (κ2) is 7.60. The van der Waals surface area contributed by atoms with Gasteiger partial charge >= 0.3 is 0 Å². The summed E-state index contributed by atoms with van der Waals surface area (Å²) in [6.45, 7) is 6.77. The molecule has 1 N–H and O–H groups in total. The van der Waals surface area contributed by atoms with Gasteiger partial charge in [0, 0.05) is 23.8 Å². The molecule has 1 amide bonds. The number of carbonyl (C=O) groups excluding carboxylic acids is 1. The van der Waals surface area contributed by atoms with Crippen molar-refractivity contribution in [2.24, 2.45) is 5.92 Å². The average molecular weight is 388 g/mol. The molecule has 7 heteroatoms. The van der Waals surface area contributed by atoms with Crippen LogP contribution in [-0.4, -0.2) is 27.5 Å². The number of carbonyl (C=O) groups is 1. The summed E-state index contributed by atoms with van der Waals surface area (Å²) in [7, 11) is -3.69. The number of ether oxygens (including phenoxy) is 1. The molecule has 0 fully saturated rings. The molecule has 3 rings (SSSR count). The van der Waals surface area contributed by atoms with Gasteiger partial charge < -0.3 is 9.64 Å². The summed E-state index contributed by atoms with van der Waals surface area (Å²) < 4.78 is 33.2. The van der Waals surface area contributed by atoms with E-state index in [9.17, 15) is 13.2 Å². The van der Waals surface area contributed by atoms with Gasteiger partial charge in [-0.25, -0.2) is 8.42 Å². The monoisotopic (exact) mass is 388 g/mol. The number of nitrogens with zero attached hydrogens (tertiary/aromatic N) is 1. The number of fused-ring (bicyclic) bond motifs is 1. The van der Waals surface area contributed by atoms with E-state index in [2.05, 4.69) is 4.72 Å². The summed E-state index contributed by atoms with van der Waals surface area (Å²) in [5.74, 6) is 0.633. The Kier molecular flexibility index (Phi) is 5.41. The molecule has 6 nitrogen and oxygen atoms in total. The lowest BCUT2D eigenvalue weighted by Gasteiger charge is -2.19. The predicted octanol–water partition coefficient (Wildman–Crippen LogP) is 3.43. The van der Waals surface area contributed by atoms with Crippen LogP contribution in [0.5, 0.6) is 5.75 Å². The third kappa shape index (κ3) is 4.08. The Labute approximate surface area is 160 Å². The minimum Gasteiger partial charge on any atom is -0.494 e. The smallest absolute Gasteiger partial charge is 0.261 e. The van der Waals surface area contributed by atoms with Crippen molar-refractivity contribution in [1.29, 1.82) is 0 Å². The Morgan fingerprint density at radius 2 is 1.89 bits per heavy atom. The maximum Gasteiger partial charge on any atom is 0.261 e. The molecule has 0 aromatic heterocycles. The molecule has 0 bridgehead atoms. The van der Waals surface area contributed by atoms with Gasteiger partial charge in [-0.3, -0.25) is 9.52 Å². The SMILES string of the molecule is CCOc1ccc(S(=O)(=O)Nc2ccc3c(c2)CCN3C(=O)C(C)C)cc1. The van der Waals surface area contributed by atoms with E-state index < -0.39 is 10.0 Å². The van der Waals surface area contributed by atoms with Gasteiger partial charge in [0.05, 0.1) is 11.5 Å². The van der Waals surface area contributed by atoms with Crippen LogP contribution in [0.4, 0.5) is 11.4 Å². The third-order valence-corrected chi connectivity index (χ3v) is 5.83. The molecule has 1 aliphatic heterocycles. The first-order valence-electron chi connectivity index (χ1n) is 9.02. The number of amides is 1. The third-order valence-electron chi connectivity index (χ3n) is 4.43. The molecular formula is C20H24N2O4S. The van der Waals surface area contributed by atoms with E-state index in [1.54, 1.807) is 35.2 Å². The fraction of sp³-hybridized carbons (Fsp3) is 0.350. The van der Waals surface area contributed by atoms with Gasteiger partial charge in [-0.15, -0.1) is 0 Å². The molecule has 0 spiro atoms. The van der Waals surface area contributed by atoms with Gasteiger partial charge in [0.15, 0.2) is 0 Å². The van der Waals surface area contributed by atoms with Gasteiger partial charge in [0.25, 0.3) is 10.0 Å². The number of rotatable bonds is 6. The highest BCUT2D eigenvalue weighted by Gasteiger charge is 2.26. The zero-order valence-corrected chi connectivity index (χ0v) is 16.5. The van der Waals surface area contributed by atoms with Gasteiger partial charge in [0.1, 0.15) is 5.75 Å². The average Bonchev–Trinajstić information content (AvgIpc) is 3.04. The van der Waals surface area contributed by atoms with Gasteiger partial charge in [-0.05, 0) is 61.4 Å². The lowest BCUT2D eigenvalue weighted by atomic mass is 10.1. The number of hydrogen-bond acceptors (Lipinski definition) is 4. The van der Waals surface area contributed by atoms with Crippen molar-refractivity contribution < 1.29 is 17.9 Å². The maximum absolute atomic E-state index is 12.6. The van der Waals surface area contributed by atoms with Crippen LogP contribution in [0.25, 0.3) is 0 Å². The molecule has 0 saturated heterocycles. The summed E-state index contributed by atoms with van der Waals surface area (Å²) in [5.41, 5.74) is 2.31. The zero-order chi connectivity index (χ0) is 19.6. The molecule has 0 aliphatic carbocycles. The molecule has 2 aromatic rings. The second-order valence-corrected chi connectivity index (χ2v) is 8.43. The van der Waals surface area contributed by atoms with Crippen molar-refractivity contribution in [3.63, 3.8) is 0 Å². The van der Waals surface area contributed by atoms with Crippen LogP contribution in [-0.2, 0) is 21.2 Å². The van der Waals surface area contributed by atoms with E-state index in [0.29, 0.717) is 31.0 Å². The number of benzene rings is 2. The Hall–Kier alpha value is -2.54. The molecule has 144 valence electrons. The van der Waals surface area contributed by atoms with Crippen LogP contribution in [0.2, 0.25) is 0 Å². The van der Waals surface area contributed by atoms with Crippen molar-refractivity contribution in [3.05, 3.63) is 48.0 Å². The standard InChI is InChI=1S/C20H24N2O4S/c1-4-26-17-6-8-18(9-7-17)27(24,25)21-16-5-10-19-15(13-16)11-12-22(19)20(23)14(2)3/h5-10,13-14,21H,4,11-12H2,1-3H3. The van der Waals surface area contributed by atoms with Crippen LogP contribution in [0.15, 0.2) is 47.4 Å². The quantitative estimate of drug-likeness (QED) is 0.823. The molecule has 0 atom stereocenters. The van der Waals surface area contributed by atoms with Crippen molar-refractivity contribution >= 4 is 27.3 Å². The predicted molar refractivity (Wildman–Crippen MR) is 106 cm³/mol. The van der Waals surface area contributed by atoms with E-state index in [0.717, 1.165) is 11.3 Å². The molecule has 1 aliphatic rings. The summed E-state index contributed by atoms with van der Waals surface area (Å²) in [5, 5.41) is 0. The van der Waals surface area contributed by atoms with Crippen LogP contribution >= 0.6 is 0 Å². The van der Waals surface area contributed by atoms with Crippen LogP contribution in [0, 0.1) is 5.92 Å². The number of hydrogen-bond donors (Lipinski definition) is 1. The Balaban J connectivity index is 1.79. The van der Waals surface area contributed by atoms with E-state index >= 15 is 0 Å². The minimum atomic E-state index is -3.69. The van der Waals surface area contributed by atoms with Gasteiger partial charge in [-0.1, -0.05) is 13.8 Å². The Morgan fingerprint density at radius 3 is 2.52 bits per heavy atom. The first-order valence-corrected chi connectivity index (χ1v) is 10.5. The Morgan fingerprint density at radius 1 is 1.19 bits per heavy atom. The Bertz CT molecular complexity index is 937. The summed E-state index contributed by atoms with van der Waals surface area (Å²) >= 11 is 0. The highest BCUT2D eigenvalue weighted by atomic mass is 32.2. The second-order valence-electron chi connectivity index (χ2n) is 6.75. The molecule has 1 heterocycles. The minimum absolute atomic E-state index is 0.0752. The van der Waals surface area contributed by atoms with Crippen molar-refractivity contribution in [2.45, 2.75) is 32.1 Å². The summed E-state index contributed by atoms with van der Waals surface area (Å²) in [4.78, 5) is 14.2. The molecule has 0 radical (unpaired) electrons. The van der Waals surface area contributed by atoms with Crippen LogP contribution in [0.1, 0.15) is 26.3 Å². The van der Waals surface area contributed by atoms with Crippen molar-refractivity contribution in [2.75, 3.05) is 22.8 Å². The molecular weight excluding hydrogens is 364 g/mol. The van der Waals surface area contributed by atoms with E-state index in [-0.39, 0.29) is 16.7 Å². The van der Waals surface area contributed by atoms with Crippen LogP contribution in [0.3, 0.4) is 0 Å². The zero-order valence-electron chi connectivity index (χ0n) is 15.7. The normalized spacial score (nSPS) is 13.6.